The van der Waals surface area contributed by atoms with Gasteiger partial charge in [-0.15, -0.1) is 0 Å². The van der Waals surface area contributed by atoms with E-state index in [1.54, 1.807) is 0 Å². The molecule has 0 spiro atoms. The molecule has 0 unspecified atom stereocenters. The third-order valence-electron chi connectivity index (χ3n) is 4.63. The monoisotopic (exact) mass is 372 g/mol. The fraction of sp³-hybridized carbons (Fsp3) is 0.316. The van der Waals surface area contributed by atoms with E-state index in [1.165, 1.54) is 16.6 Å². The first-order valence-corrected chi connectivity index (χ1v) is 8.47. The number of ether oxygens (including phenoxy) is 1. The molecule has 1 aromatic carbocycles. The van der Waals surface area contributed by atoms with Gasteiger partial charge in [0, 0.05) is 26.4 Å². The number of benzene rings is 1. The van der Waals surface area contributed by atoms with Crippen LogP contribution in [0.1, 0.15) is 32.5 Å². The maximum atomic E-state index is 12.8. The fourth-order valence-electron chi connectivity index (χ4n) is 3.29. The van der Waals surface area contributed by atoms with Gasteiger partial charge < -0.3 is 24.4 Å². The third kappa shape index (κ3) is 3.56. The first-order valence-electron chi connectivity index (χ1n) is 8.47. The van der Waals surface area contributed by atoms with Gasteiger partial charge in [-0.1, -0.05) is 30.3 Å². The largest absolute Gasteiger partial charge is 0.503 e. The second-order valence-electron chi connectivity index (χ2n) is 6.37. The Kier molecular flexibility index (Phi) is 5.27. The summed E-state index contributed by atoms with van der Waals surface area (Å²) in [4.78, 5) is 37.8. The summed E-state index contributed by atoms with van der Waals surface area (Å²) in [6.07, 6.45) is 1.66. The van der Waals surface area contributed by atoms with Crippen LogP contribution in [0.3, 0.4) is 0 Å². The molecule has 0 radical (unpaired) electrons. The number of nitrogens with zero attached hydrogens (tertiary/aromatic N) is 2. The Morgan fingerprint density at radius 3 is 2.59 bits per heavy atom. The quantitative estimate of drug-likeness (QED) is 0.787. The minimum Gasteiger partial charge on any atom is -0.503 e. The molecule has 27 heavy (non-hydrogen) atoms. The molecule has 3 rings (SSSR count). The molecule has 1 atom stereocenters. The Hall–Kier alpha value is -3.13. The first-order chi connectivity index (χ1) is 12.9. The van der Waals surface area contributed by atoms with Crippen LogP contribution in [0.2, 0.25) is 0 Å². The summed E-state index contributed by atoms with van der Waals surface area (Å²) in [6.45, 7) is 0.919. The van der Waals surface area contributed by atoms with Gasteiger partial charge in [-0.05, 0) is 12.0 Å². The van der Waals surface area contributed by atoms with E-state index < -0.39 is 28.6 Å². The van der Waals surface area contributed by atoms with Gasteiger partial charge in [0.15, 0.2) is 11.4 Å². The maximum Gasteiger partial charge on any atom is 0.341 e. The molecular weight excluding hydrogens is 352 g/mol. The number of carbonyl (C=O) groups is 2. The van der Waals surface area contributed by atoms with Crippen LogP contribution in [0.25, 0.3) is 0 Å². The Balaban J connectivity index is 2.11. The van der Waals surface area contributed by atoms with Crippen molar-refractivity contribution in [3.8, 4) is 5.75 Å². The summed E-state index contributed by atoms with van der Waals surface area (Å²) >= 11 is 0. The van der Waals surface area contributed by atoms with E-state index in [1.807, 2.05) is 30.3 Å². The van der Waals surface area contributed by atoms with E-state index in [-0.39, 0.29) is 11.7 Å². The molecule has 0 saturated heterocycles. The third-order valence-corrected chi connectivity index (χ3v) is 4.63. The van der Waals surface area contributed by atoms with Crippen LogP contribution in [0.4, 0.5) is 0 Å². The Morgan fingerprint density at radius 1 is 1.26 bits per heavy atom. The minimum absolute atomic E-state index is 0.187. The van der Waals surface area contributed by atoms with Crippen molar-refractivity contribution >= 4 is 11.9 Å². The lowest BCUT2D eigenvalue weighted by Gasteiger charge is -2.36. The van der Waals surface area contributed by atoms with Crippen molar-refractivity contribution in [2.24, 2.45) is 0 Å². The number of fused-ring (bicyclic) bond motifs is 1. The Labute approximate surface area is 155 Å². The minimum atomic E-state index is -1.45. The number of rotatable bonds is 6. The van der Waals surface area contributed by atoms with E-state index in [2.05, 4.69) is 0 Å². The topological polar surface area (TPSA) is 109 Å². The van der Waals surface area contributed by atoms with Gasteiger partial charge >= 0.3 is 5.97 Å². The van der Waals surface area contributed by atoms with E-state index >= 15 is 0 Å². The summed E-state index contributed by atoms with van der Waals surface area (Å²) < 4.78 is 6.45. The summed E-state index contributed by atoms with van der Waals surface area (Å²) in [5.41, 5.74) is -0.820. The molecule has 1 aliphatic heterocycles. The van der Waals surface area contributed by atoms with Crippen molar-refractivity contribution in [1.29, 1.82) is 0 Å². The molecule has 1 amide bonds. The zero-order valence-corrected chi connectivity index (χ0v) is 14.8. The molecule has 1 aliphatic rings. The summed E-state index contributed by atoms with van der Waals surface area (Å²) in [6, 6.07) is 9.18. The highest BCUT2D eigenvalue weighted by molar-refractivity contribution is 5.97. The number of aromatic hydroxyl groups is 1. The first kappa shape index (κ1) is 18.7. The van der Waals surface area contributed by atoms with Crippen LogP contribution in [-0.4, -0.2) is 58.4 Å². The Bertz CT molecular complexity index is 922. The van der Waals surface area contributed by atoms with E-state index in [9.17, 15) is 24.6 Å². The summed E-state index contributed by atoms with van der Waals surface area (Å²) in [5, 5.41) is 19.6. The predicted molar refractivity (Wildman–Crippen MR) is 96.3 cm³/mol. The van der Waals surface area contributed by atoms with Gasteiger partial charge in [-0.25, -0.2) is 4.79 Å². The molecule has 0 saturated carbocycles. The molecule has 2 heterocycles. The van der Waals surface area contributed by atoms with Crippen molar-refractivity contribution in [3.63, 3.8) is 0 Å². The highest BCUT2D eigenvalue weighted by atomic mass is 16.5. The van der Waals surface area contributed by atoms with E-state index in [0.717, 1.165) is 11.8 Å². The SMILES string of the molecule is COCCN1C[C@H](Cc2ccccc2)n2cc(C(=O)O)c(=O)c(O)c2C1=O. The summed E-state index contributed by atoms with van der Waals surface area (Å²) in [7, 11) is 1.52. The number of carboxylic acid groups (broad SMARTS) is 1. The van der Waals surface area contributed by atoms with Crippen molar-refractivity contribution in [2.75, 3.05) is 26.8 Å². The van der Waals surface area contributed by atoms with Crippen LogP contribution < -0.4 is 5.43 Å². The lowest BCUT2D eigenvalue weighted by molar-refractivity contribution is 0.0585. The lowest BCUT2D eigenvalue weighted by atomic mass is 10.0. The van der Waals surface area contributed by atoms with Gasteiger partial charge in [0.25, 0.3) is 5.91 Å². The molecular formula is C19H20N2O6. The molecule has 8 heteroatoms. The van der Waals surface area contributed by atoms with Crippen LogP contribution in [0, 0.1) is 0 Å². The lowest BCUT2D eigenvalue weighted by Crippen LogP contribution is -2.46. The van der Waals surface area contributed by atoms with Gasteiger partial charge in [-0.2, -0.15) is 0 Å². The van der Waals surface area contributed by atoms with Crippen LogP contribution in [0.5, 0.6) is 5.75 Å². The zero-order chi connectivity index (χ0) is 19.6. The highest BCUT2D eigenvalue weighted by Crippen LogP contribution is 2.28. The molecule has 142 valence electrons. The average Bonchev–Trinajstić information content (AvgIpc) is 2.65. The summed E-state index contributed by atoms with van der Waals surface area (Å²) in [5.74, 6) is -2.80. The number of carbonyl (C=O) groups excluding carboxylic acids is 1. The molecule has 0 bridgehead atoms. The number of carboxylic acids is 1. The second-order valence-corrected chi connectivity index (χ2v) is 6.37. The predicted octanol–water partition coefficient (Wildman–Crippen LogP) is 1.14. The van der Waals surface area contributed by atoms with E-state index in [4.69, 9.17) is 4.74 Å². The highest BCUT2D eigenvalue weighted by Gasteiger charge is 2.35. The van der Waals surface area contributed by atoms with Crippen molar-refractivity contribution in [3.05, 3.63) is 63.6 Å². The molecule has 0 fully saturated rings. The Morgan fingerprint density at radius 2 is 1.96 bits per heavy atom. The number of hydrogen-bond acceptors (Lipinski definition) is 5. The molecule has 1 aromatic heterocycles. The molecule has 2 aromatic rings. The maximum absolute atomic E-state index is 12.8. The number of pyridine rings is 1. The molecule has 8 nitrogen and oxygen atoms in total. The number of methoxy groups -OCH3 is 1. The number of aromatic nitrogens is 1. The van der Waals surface area contributed by atoms with Crippen LogP contribution in [0.15, 0.2) is 41.3 Å². The van der Waals surface area contributed by atoms with Gasteiger partial charge in [0.1, 0.15) is 5.56 Å². The smallest absolute Gasteiger partial charge is 0.341 e. The molecule has 0 aliphatic carbocycles. The second kappa shape index (κ2) is 7.63. The van der Waals surface area contributed by atoms with Crippen molar-refractivity contribution in [2.45, 2.75) is 12.5 Å². The van der Waals surface area contributed by atoms with Crippen LogP contribution in [-0.2, 0) is 11.2 Å². The van der Waals surface area contributed by atoms with Crippen molar-refractivity contribution < 1.29 is 24.5 Å². The standard InChI is InChI=1S/C19H20N2O6/c1-27-8-7-20-10-13(9-12-5-3-2-4-6-12)21-11-14(19(25)26)16(22)17(23)15(21)18(20)24/h2-6,11,13,23H,7-10H2,1H3,(H,25,26)/t13-/m0/s1. The number of hydrogen-bond donors (Lipinski definition) is 2. The van der Waals surface area contributed by atoms with Gasteiger partial charge in [-0.3, -0.25) is 9.59 Å². The van der Waals surface area contributed by atoms with E-state index in [0.29, 0.717) is 26.1 Å². The van der Waals surface area contributed by atoms with Gasteiger partial charge in [0.05, 0.1) is 12.6 Å². The fourth-order valence-corrected chi connectivity index (χ4v) is 3.29. The normalized spacial score (nSPS) is 16.3. The number of amides is 1. The molecule has 2 N–H and O–H groups in total. The number of aromatic carboxylic acids is 1. The zero-order valence-electron chi connectivity index (χ0n) is 14.8. The van der Waals surface area contributed by atoms with Crippen LogP contribution >= 0.6 is 0 Å². The van der Waals surface area contributed by atoms with Crippen molar-refractivity contribution in [1.82, 2.24) is 9.47 Å². The van der Waals surface area contributed by atoms with Gasteiger partial charge in [0.2, 0.25) is 5.43 Å². The average molecular weight is 372 g/mol.